The van der Waals surface area contributed by atoms with Crippen LogP contribution < -0.4 is 9.80 Å². The number of hydrogen-bond acceptors (Lipinski definition) is 4. The first kappa shape index (κ1) is 25.8. The van der Waals surface area contributed by atoms with Crippen molar-refractivity contribution >= 4 is 58.0 Å². The maximum absolute atomic E-state index is 13.7. The van der Waals surface area contributed by atoms with Gasteiger partial charge >= 0.3 is 0 Å². The Kier molecular flexibility index (Phi) is 8.05. The summed E-state index contributed by atoms with van der Waals surface area (Å²) in [5, 5.41) is 0. The molecule has 2 aliphatic rings. The molecule has 0 bridgehead atoms. The number of fused-ring (bicyclic) bond motifs is 2. The minimum atomic E-state index is -0.623. The van der Waals surface area contributed by atoms with Gasteiger partial charge in [0.25, 0.3) is 0 Å². The number of Topliss-reactive ketones (excluding diaryl/α,β-unsaturated/α-hetero) is 2. The van der Waals surface area contributed by atoms with Crippen molar-refractivity contribution in [3.8, 4) is 0 Å². The van der Waals surface area contributed by atoms with Crippen molar-refractivity contribution in [2.24, 2.45) is 0 Å². The quantitative estimate of drug-likeness (QED) is 0.453. The Balaban J connectivity index is 0.000000191. The number of amides is 2. The zero-order chi connectivity index (χ0) is 25.2. The molecular weight excluding hydrogens is 489 g/mol. The van der Waals surface area contributed by atoms with Crippen molar-refractivity contribution in [2.45, 2.75) is 26.7 Å². The van der Waals surface area contributed by atoms with E-state index in [1.165, 1.54) is 47.9 Å². The average molecular weight is 511 g/mol. The van der Waals surface area contributed by atoms with E-state index < -0.39 is 23.2 Å². The Bertz CT molecular complexity index is 1090. The van der Waals surface area contributed by atoms with Crippen molar-refractivity contribution < 1.29 is 28.0 Å². The highest BCUT2D eigenvalue weighted by Gasteiger charge is 2.26. The van der Waals surface area contributed by atoms with Gasteiger partial charge in [-0.2, -0.15) is 0 Å². The second-order valence-electron chi connectivity index (χ2n) is 7.88. The van der Waals surface area contributed by atoms with Gasteiger partial charge in [-0.25, -0.2) is 8.78 Å². The van der Waals surface area contributed by atoms with Crippen LogP contribution in [0.25, 0.3) is 0 Å². The second-order valence-corrected chi connectivity index (χ2v) is 8.41. The average Bonchev–Trinajstić information content (AvgIpc) is 3.40. The first-order valence-corrected chi connectivity index (χ1v) is 11.5. The standard InChI is InChI=1S/2C12H11ClFNO2/c2*1-7(16)15-3-2-8-4-9(12(17)6-13)10(14)5-11(8)15/h2*4-5H,2-3,6H2,1H3. The monoisotopic (exact) mass is 510 g/mol. The van der Waals surface area contributed by atoms with Crippen molar-refractivity contribution in [2.75, 3.05) is 34.6 Å². The summed E-state index contributed by atoms with van der Waals surface area (Å²) < 4.78 is 27.4. The molecule has 0 atom stereocenters. The minimum absolute atomic E-state index is 0.00384. The number of benzene rings is 2. The number of rotatable bonds is 4. The van der Waals surface area contributed by atoms with E-state index >= 15 is 0 Å². The van der Waals surface area contributed by atoms with Crippen LogP contribution in [0.15, 0.2) is 24.3 Å². The molecule has 2 heterocycles. The van der Waals surface area contributed by atoms with Crippen LogP contribution in [0.5, 0.6) is 0 Å². The summed E-state index contributed by atoms with van der Waals surface area (Å²) in [6, 6.07) is 5.48. The molecule has 2 aromatic rings. The van der Waals surface area contributed by atoms with Crippen LogP contribution in [0.2, 0.25) is 0 Å². The highest BCUT2D eigenvalue weighted by molar-refractivity contribution is 6.31. The maximum Gasteiger partial charge on any atom is 0.223 e. The highest BCUT2D eigenvalue weighted by atomic mass is 35.5. The predicted molar refractivity (Wildman–Crippen MR) is 126 cm³/mol. The van der Waals surface area contributed by atoms with Gasteiger partial charge in [-0.3, -0.25) is 19.2 Å². The predicted octanol–water partition coefficient (Wildman–Crippen LogP) is 4.31. The van der Waals surface area contributed by atoms with Gasteiger partial charge in [0.05, 0.1) is 22.9 Å². The van der Waals surface area contributed by atoms with Crippen molar-refractivity contribution in [1.82, 2.24) is 0 Å². The third-order valence-electron chi connectivity index (χ3n) is 5.73. The summed E-state index contributed by atoms with van der Waals surface area (Å²) in [5.74, 6) is -2.86. The smallest absolute Gasteiger partial charge is 0.223 e. The SMILES string of the molecule is CC(=O)N1CCc2cc(C(=O)CCl)c(F)cc21.CC(=O)N1CCc2cc(C(=O)CCl)c(F)cc21. The van der Waals surface area contributed by atoms with Crippen LogP contribution in [0, 0.1) is 11.6 Å². The van der Waals surface area contributed by atoms with Crippen LogP contribution >= 0.6 is 23.2 Å². The van der Waals surface area contributed by atoms with Gasteiger partial charge in [-0.05, 0) is 48.2 Å². The molecule has 0 spiro atoms. The molecule has 10 heteroatoms. The maximum atomic E-state index is 13.7. The Labute approximate surface area is 205 Å². The van der Waals surface area contributed by atoms with E-state index in [1.54, 1.807) is 0 Å². The summed E-state index contributed by atoms with van der Waals surface area (Å²) in [7, 11) is 0. The third kappa shape index (κ3) is 5.13. The van der Waals surface area contributed by atoms with E-state index in [4.69, 9.17) is 23.2 Å². The summed E-state index contributed by atoms with van der Waals surface area (Å²) in [6.07, 6.45) is 1.27. The van der Waals surface area contributed by atoms with Gasteiger partial charge < -0.3 is 9.80 Å². The molecule has 0 radical (unpaired) electrons. The van der Waals surface area contributed by atoms with E-state index in [2.05, 4.69) is 0 Å². The van der Waals surface area contributed by atoms with E-state index in [0.717, 1.165) is 11.1 Å². The second kappa shape index (κ2) is 10.6. The number of ketones is 2. The van der Waals surface area contributed by atoms with Gasteiger partial charge in [0.15, 0.2) is 11.6 Å². The van der Waals surface area contributed by atoms with Gasteiger partial charge in [0, 0.05) is 38.3 Å². The molecule has 0 aliphatic carbocycles. The Morgan fingerprint density at radius 2 is 1.09 bits per heavy atom. The van der Waals surface area contributed by atoms with E-state index in [0.29, 0.717) is 37.3 Å². The summed E-state index contributed by atoms with van der Waals surface area (Å²) >= 11 is 10.8. The van der Waals surface area contributed by atoms with Crippen LogP contribution in [-0.2, 0) is 22.4 Å². The normalized spacial score (nSPS) is 13.7. The summed E-state index contributed by atoms with van der Waals surface area (Å²) in [6.45, 7) is 3.93. The number of halogens is 4. The molecule has 2 amide bonds. The lowest BCUT2D eigenvalue weighted by molar-refractivity contribution is -0.117. The molecule has 0 fully saturated rings. The van der Waals surface area contributed by atoms with Crippen molar-refractivity contribution in [3.05, 3.63) is 58.2 Å². The van der Waals surface area contributed by atoms with Crippen LogP contribution in [0.1, 0.15) is 45.7 Å². The molecule has 0 saturated carbocycles. The molecule has 0 aromatic heterocycles. The Morgan fingerprint density at radius 1 is 0.735 bits per heavy atom. The van der Waals surface area contributed by atoms with E-state index in [1.807, 2.05) is 0 Å². The van der Waals surface area contributed by atoms with Gasteiger partial charge in [0.2, 0.25) is 11.8 Å². The minimum Gasteiger partial charge on any atom is -0.312 e. The van der Waals surface area contributed by atoms with Gasteiger partial charge in [-0.15, -0.1) is 23.2 Å². The number of nitrogens with zero attached hydrogens (tertiary/aromatic N) is 2. The fourth-order valence-electron chi connectivity index (χ4n) is 4.05. The van der Waals surface area contributed by atoms with Crippen molar-refractivity contribution in [1.29, 1.82) is 0 Å². The fraction of sp³-hybridized carbons (Fsp3) is 0.333. The lowest BCUT2D eigenvalue weighted by Crippen LogP contribution is -2.25. The van der Waals surface area contributed by atoms with Crippen LogP contribution in [0.3, 0.4) is 0 Å². The summed E-state index contributed by atoms with van der Waals surface area (Å²) in [4.78, 5) is 48.4. The number of carbonyl (C=O) groups excluding carboxylic acids is 4. The van der Waals surface area contributed by atoms with Gasteiger partial charge in [-0.1, -0.05) is 0 Å². The largest absolute Gasteiger partial charge is 0.312 e. The third-order valence-corrected chi connectivity index (χ3v) is 6.22. The summed E-state index contributed by atoms with van der Waals surface area (Å²) in [5.41, 5.74) is 2.75. The number of anilines is 2. The van der Waals surface area contributed by atoms with Crippen LogP contribution in [-0.4, -0.2) is 48.2 Å². The molecular formula is C24H22Cl2F2N2O4. The Hall–Kier alpha value is -2.84. The fourth-order valence-corrected chi connectivity index (χ4v) is 4.34. The zero-order valence-corrected chi connectivity index (χ0v) is 20.1. The first-order chi connectivity index (χ1) is 16.1. The highest BCUT2D eigenvalue weighted by Crippen LogP contribution is 2.32. The Morgan fingerprint density at radius 3 is 1.38 bits per heavy atom. The molecule has 2 aromatic carbocycles. The van der Waals surface area contributed by atoms with Crippen LogP contribution in [0.4, 0.5) is 20.2 Å². The topological polar surface area (TPSA) is 74.8 Å². The molecule has 0 N–H and O–H groups in total. The van der Waals surface area contributed by atoms with E-state index in [-0.39, 0.29) is 34.7 Å². The number of alkyl halides is 2. The molecule has 0 saturated heterocycles. The first-order valence-electron chi connectivity index (χ1n) is 10.5. The number of carbonyl (C=O) groups is 4. The lowest BCUT2D eigenvalue weighted by Gasteiger charge is -2.15. The molecule has 34 heavy (non-hydrogen) atoms. The molecule has 4 rings (SSSR count). The molecule has 2 aliphatic heterocycles. The zero-order valence-electron chi connectivity index (χ0n) is 18.6. The van der Waals surface area contributed by atoms with E-state index in [9.17, 15) is 28.0 Å². The number of hydrogen-bond donors (Lipinski definition) is 0. The van der Waals surface area contributed by atoms with Gasteiger partial charge in [0.1, 0.15) is 11.6 Å². The molecule has 0 unspecified atom stereocenters. The lowest BCUT2D eigenvalue weighted by atomic mass is 10.1. The van der Waals surface area contributed by atoms with Crippen molar-refractivity contribution in [3.63, 3.8) is 0 Å². The molecule has 180 valence electrons. The molecule has 6 nitrogen and oxygen atoms in total.